The second kappa shape index (κ2) is 3.41. The molecule has 0 aliphatic carbocycles. The van der Waals surface area contributed by atoms with Gasteiger partial charge in [-0.15, -0.1) is 0 Å². The highest BCUT2D eigenvalue weighted by molar-refractivity contribution is 5.40. The molecule has 0 N–H and O–H groups in total. The molecule has 0 radical (unpaired) electrons. The minimum Gasteiger partial charge on any atom is -0.496 e. The number of hydrogen-bond donors (Lipinski definition) is 0. The first-order chi connectivity index (χ1) is 7.02. The molecule has 82 valence electrons. The van der Waals surface area contributed by atoms with E-state index in [9.17, 15) is 13.2 Å². The summed E-state index contributed by atoms with van der Waals surface area (Å²) in [5.74, 6) is -0.157. The van der Waals surface area contributed by atoms with Crippen LogP contribution in [0.25, 0.3) is 0 Å². The van der Waals surface area contributed by atoms with Gasteiger partial charge in [0.2, 0.25) is 0 Å². The molecule has 1 aliphatic rings. The van der Waals surface area contributed by atoms with Crippen LogP contribution in [0.4, 0.5) is 13.2 Å². The van der Waals surface area contributed by atoms with Crippen LogP contribution in [0.1, 0.15) is 17.2 Å². The van der Waals surface area contributed by atoms with Crippen molar-refractivity contribution in [2.75, 3.05) is 13.7 Å². The first-order valence-electron chi connectivity index (χ1n) is 4.39. The molecular formula is C10H9F3O2. The van der Waals surface area contributed by atoms with Gasteiger partial charge >= 0.3 is 6.18 Å². The van der Waals surface area contributed by atoms with Gasteiger partial charge in [0, 0.05) is 0 Å². The van der Waals surface area contributed by atoms with Gasteiger partial charge in [0.25, 0.3) is 0 Å². The summed E-state index contributed by atoms with van der Waals surface area (Å²) in [4.78, 5) is 0. The van der Waals surface area contributed by atoms with Crippen molar-refractivity contribution in [2.24, 2.45) is 0 Å². The Balaban J connectivity index is 2.39. The van der Waals surface area contributed by atoms with Crippen LogP contribution in [0.15, 0.2) is 18.2 Å². The molecule has 0 spiro atoms. The summed E-state index contributed by atoms with van der Waals surface area (Å²) in [5.41, 5.74) is -0.0331. The summed E-state index contributed by atoms with van der Waals surface area (Å²) in [6.07, 6.45) is -4.45. The maximum Gasteiger partial charge on any atom is 0.419 e. The molecule has 1 heterocycles. The molecule has 0 unspecified atom stereocenters. The number of hydrogen-bond acceptors (Lipinski definition) is 2. The second-order valence-electron chi connectivity index (χ2n) is 3.28. The van der Waals surface area contributed by atoms with E-state index in [1.165, 1.54) is 19.2 Å². The van der Waals surface area contributed by atoms with Gasteiger partial charge in [-0.1, -0.05) is 6.07 Å². The Bertz CT molecular complexity index is 369. The fraction of sp³-hybridized carbons (Fsp3) is 0.400. The van der Waals surface area contributed by atoms with Crippen molar-refractivity contribution in [3.8, 4) is 5.75 Å². The monoisotopic (exact) mass is 218 g/mol. The molecule has 1 saturated heterocycles. The Morgan fingerprint density at radius 1 is 1.40 bits per heavy atom. The summed E-state index contributed by atoms with van der Waals surface area (Å²) in [7, 11) is 1.22. The van der Waals surface area contributed by atoms with E-state index in [0.717, 1.165) is 11.6 Å². The van der Waals surface area contributed by atoms with Gasteiger partial charge in [0.15, 0.2) is 0 Å². The predicted octanol–water partition coefficient (Wildman–Crippen LogP) is 2.79. The van der Waals surface area contributed by atoms with Crippen molar-refractivity contribution < 1.29 is 22.6 Å². The summed E-state index contributed by atoms with van der Waals surface area (Å²) >= 11 is 0. The average Bonchev–Trinajstić information content (AvgIpc) is 2.98. The minimum atomic E-state index is -4.38. The Hall–Kier alpha value is -1.23. The zero-order valence-corrected chi connectivity index (χ0v) is 7.97. The number of alkyl halides is 3. The first kappa shape index (κ1) is 10.3. The minimum absolute atomic E-state index is 0.0683. The molecule has 1 fully saturated rings. The Morgan fingerprint density at radius 2 is 2.07 bits per heavy atom. The Labute approximate surface area is 84.6 Å². The average molecular weight is 218 g/mol. The topological polar surface area (TPSA) is 21.8 Å². The number of methoxy groups -OCH3 is 1. The number of rotatable bonds is 2. The maximum absolute atomic E-state index is 12.5. The van der Waals surface area contributed by atoms with Crippen LogP contribution in [0.3, 0.4) is 0 Å². The van der Waals surface area contributed by atoms with E-state index < -0.39 is 11.7 Å². The van der Waals surface area contributed by atoms with E-state index in [-0.39, 0.29) is 11.9 Å². The molecule has 0 bridgehead atoms. The summed E-state index contributed by atoms with van der Waals surface area (Å²) in [6, 6.07) is 3.82. The van der Waals surface area contributed by atoms with Gasteiger partial charge in [0.1, 0.15) is 11.9 Å². The van der Waals surface area contributed by atoms with Crippen molar-refractivity contribution in [3.63, 3.8) is 0 Å². The summed E-state index contributed by atoms with van der Waals surface area (Å²) in [5, 5.41) is 0. The number of benzene rings is 1. The fourth-order valence-corrected chi connectivity index (χ4v) is 1.38. The molecule has 0 aromatic heterocycles. The quantitative estimate of drug-likeness (QED) is 0.712. The smallest absolute Gasteiger partial charge is 0.419 e. The van der Waals surface area contributed by atoms with Gasteiger partial charge in [-0.05, 0) is 17.7 Å². The van der Waals surface area contributed by atoms with Gasteiger partial charge in [-0.2, -0.15) is 13.2 Å². The molecule has 1 aromatic rings. The van der Waals surface area contributed by atoms with Crippen LogP contribution in [0, 0.1) is 0 Å². The molecule has 2 nitrogen and oxygen atoms in total. The lowest BCUT2D eigenvalue weighted by molar-refractivity contribution is -0.138. The highest BCUT2D eigenvalue weighted by atomic mass is 19.4. The zero-order valence-electron chi connectivity index (χ0n) is 7.97. The lowest BCUT2D eigenvalue weighted by Gasteiger charge is -2.12. The van der Waals surface area contributed by atoms with Crippen LogP contribution in [0.5, 0.6) is 5.75 Å². The third-order valence-corrected chi connectivity index (χ3v) is 2.24. The number of epoxide rings is 1. The largest absolute Gasteiger partial charge is 0.496 e. The van der Waals surface area contributed by atoms with E-state index in [4.69, 9.17) is 9.47 Å². The van der Waals surface area contributed by atoms with E-state index in [1.54, 1.807) is 0 Å². The van der Waals surface area contributed by atoms with E-state index in [2.05, 4.69) is 0 Å². The van der Waals surface area contributed by atoms with Crippen LogP contribution in [-0.4, -0.2) is 13.7 Å². The molecule has 15 heavy (non-hydrogen) atoms. The summed E-state index contributed by atoms with van der Waals surface area (Å²) < 4.78 is 47.1. The first-order valence-corrected chi connectivity index (χ1v) is 4.39. The fourth-order valence-electron chi connectivity index (χ4n) is 1.38. The van der Waals surface area contributed by atoms with Crippen molar-refractivity contribution in [1.29, 1.82) is 0 Å². The highest BCUT2D eigenvalue weighted by Gasteiger charge is 2.35. The lowest BCUT2D eigenvalue weighted by atomic mass is 10.1. The maximum atomic E-state index is 12.5. The third-order valence-electron chi connectivity index (χ3n) is 2.24. The molecule has 2 rings (SSSR count). The van der Waals surface area contributed by atoms with E-state index >= 15 is 0 Å². The molecule has 0 amide bonds. The molecule has 0 saturated carbocycles. The van der Waals surface area contributed by atoms with Gasteiger partial charge in [-0.3, -0.25) is 0 Å². The number of ether oxygens (including phenoxy) is 2. The van der Waals surface area contributed by atoms with Crippen molar-refractivity contribution in [3.05, 3.63) is 29.3 Å². The van der Waals surface area contributed by atoms with E-state index in [1.807, 2.05) is 0 Å². The molecule has 1 aromatic carbocycles. The van der Waals surface area contributed by atoms with Crippen LogP contribution in [0.2, 0.25) is 0 Å². The highest BCUT2D eigenvalue weighted by Crippen LogP contribution is 2.39. The zero-order chi connectivity index (χ0) is 11.1. The van der Waals surface area contributed by atoms with Crippen LogP contribution < -0.4 is 4.74 Å². The van der Waals surface area contributed by atoms with Gasteiger partial charge < -0.3 is 9.47 Å². The van der Waals surface area contributed by atoms with Crippen molar-refractivity contribution in [2.45, 2.75) is 12.3 Å². The number of halogens is 3. The molecule has 1 atom stereocenters. The molecule has 5 heteroatoms. The van der Waals surface area contributed by atoms with Gasteiger partial charge in [0.05, 0.1) is 19.3 Å². The Morgan fingerprint density at radius 3 is 2.53 bits per heavy atom. The molecular weight excluding hydrogens is 209 g/mol. The van der Waals surface area contributed by atoms with Crippen molar-refractivity contribution in [1.82, 2.24) is 0 Å². The SMILES string of the molecule is COc1cc([C@@H]2CO2)ccc1C(F)(F)F. The normalized spacial score (nSPS) is 20.1. The second-order valence-corrected chi connectivity index (χ2v) is 3.28. The predicted molar refractivity (Wildman–Crippen MR) is 46.7 cm³/mol. The summed E-state index contributed by atoms with van der Waals surface area (Å²) in [6.45, 7) is 0.564. The Kier molecular flexibility index (Phi) is 2.34. The third kappa shape index (κ3) is 2.07. The van der Waals surface area contributed by atoms with Crippen LogP contribution >= 0.6 is 0 Å². The van der Waals surface area contributed by atoms with E-state index in [0.29, 0.717) is 6.61 Å². The van der Waals surface area contributed by atoms with Gasteiger partial charge in [-0.25, -0.2) is 0 Å². The standard InChI is InChI=1S/C10H9F3O2/c1-14-8-4-6(9-5-15-9)2-3-7(8)10(11,12)13/h2-4,9H,5H2,1H3/t9-/m0/s1. The van der Waals surface area contributed by atoms with Crippen LogP contribution in [-0.2, 0) is 10.9 Å². The lowest BCUT2D eigenvalue weighted by Crippen LogP contribution is -2.07. The van der Waals surface area contributed by atoms with Crippen molar-refractivity contribution >= 4 is 0 Å². The molecule has 1 aliphatic heterocycles.